The molecule has 1 fully saturated rings. The fourth-order valence-corrected chi connectivity index (χ4v) is 1.54. The highest BCUT2D eigenvalue weighted by Crippen LogP contribution is 2.15. The maximum absolute atomic E-state index is 11.6. The van der Waals surface area contributed by atoms with Gasteiger partial charge in [0.15, 0.2) is 11.6 Å². The van der Waals surface area contributed by atoms with Crippen LogP contribution >= 0.6 is 0 Å². The molecule has 1 saturated heterocycles. The minimum Gasteiger partial charge on any atom is -0.436 e. The Kier molecular flexibility index (Phi) is 1.96. The standard InChI is InChI=1S/C9H12N2O2/c10-8-4-3-7(13-8)9(12)11-5-1-2-6-11/h3-4H,1-2,5-6,10H2. The number of hydrogen-bond acceptors (Lipinski definition) is 3. The van der Waals surface area contributed by atoms with E-state index in [2.05, 4.69) is 0 Å². The van der Waals surface area contributed by atoms with Crippen LogP contribution in [0.3, 0.4) is 0 Å². The van der Waals surface area contributed by atoms with Crippen molar-refractivity contribution in [1.29, 1.82) is 0 Å². The number of nitrogens with zero attached hydrogens (tertiary/aromatic N) is 1. The molecule has 1 aliphatic heterocycles. The Balaban J connectivity index is 2.12. The van der Waals surface area contributed by atoms with E-state index in [1.54, 1.807) is 17.0 Å². The molecule has 0 spiro atoms. The van der Waals surface area contributed by atoms with Crippen molar-refractivity contribution < 1.29 is 9.21 Å². The number of hydrogen-bond donors (Lipinski definition) is 1. The van der Waals surface area contributed by atoms with Gasteiger partial charge in [-0.2, -0.15) is 0 Å². The fourth-order valence-electron chi connectivity index (χ4n) is 1.54. The van der Waals surface area contributed by atoms with Gasteiger partial charge >= 0.3 is 0 Å². The Morgan fingerprint density at radius 2 is 2.08 bits per heavy atom. The third kappa shape index (κ3) is 1.52. The lowest BCUT2D eigenvalue weighted by Crippen LogP contribution is -2.27. The van der Waals surface area contributed by atoms with E-state index < -0.39 is 0 Å². The number of carbonyl (C=O) groups excluding carboxylic acids is 1. The molecule has 0 aliphatic carbocycles. The zero-order valence-electron chi connectivity index (χ0n) is 7.32. The second-order valence-corrected chi connectivity index (χ2v) is 3.20. The lowest BCUT2D eigenvalue weighted by molar-refractivity contribution is 0.0762. The van der Waals surface area contributed by atoms with Gasteiger partial charge in [0.25, 0.3) is 5.91 Å². The summed E-state index contributed by atoms with van der Waals surface area (Å²) in [6.07, 6.45) is 2.17. The predicted octanol–water partition coefficient (Wildman–Crippen LogP) is 1.10. The van der Waals surface area contributed by atoms with Gasteiger partial charge in [-0.15, -0.1) is 0 Å². The number of nitrogen functional groups attached to an aromatic ring is 1. The molecular formula is C9H12N2O2. The third-order valence-electron chi connectivity index (χ3n) is 2.23. The van der Waals surface area contributed by atoms with Crippen molar-refractivity contribution in [3.8, 4) is 0 Å². The van der Waals surface area contributed by atoms with Crippen molar-refractivity contribution >= 4 is 11.8 Å². The second-order valence-electron chi connectivity index (χ2n) is 3.20. The molecule has 0 saturated carbocycles. The summed E-state index contributed by atoms with van der Waals surface area (Å²) < 4.78 is 5.04. The summed E-state index contributed by atoms with van der Waals surface area (Å²) in [6, 6.07) is 3.22. The fraction of sp³-hybridized carbons (Fsp3) is 0.444. The summed E-state index contributed by atoms with van der Waals surface area (Å²) in [5.41, 5.74) is 5.38. The smallest absolute Gasteiger partial charge is 0.289 e. The molecule has 0 bridgehead atoms. The van der Waals surface area contributed by atoms with Gasteiger partial charge in [0.1, 0.15) is 0 Å². The number of furan rings is 1. The van der Waals surface area contributed by atoms with Crippen LogP contribution in [0.15, 0.2) is 16.5 Å². The third-order valence-corrected chi connectivity index (χ3v) is 2.23. The van der Waals surface area contributed by atoms with E-state index >= 15 is 0 Å². The molecule has 70 valence electrons. The second kappa shape index (κ2) is 3.12. The molecule has 1 aromatic heterocycles. The summed E-state index contributed by atoms with van der Waals surface area (Å²) in [6.45, 7) is 1.67. The average Bonchev–Trinajstić information content (AvgIpc) is 2.72. The highest BCUT2D eigenvalue weighted by Gasteiger charge is 2.21. The van der Waals surface area contributed by atoms with Gasteiger partial charge in [-0.25, -0.2) is 0 Å². The maximum Gasteiger partial charge on any atom is 0.289 e. The van der Waals surface area contributed by atoms with Gasteiger partial charge in [0.2, 0.25) is 0 Å². The summed E-state index contributed by atoms with van der Waals surface area (Å²) >= 11 is 0. The van der Waals surface area contributed by atoms with E-state index in [1.165, 1.54) is 0 Å². The van der Waals surface area contributed by atoms with Gasteiger partial charge in [0.05, 0.1) is 0 Å². The molecule has 0 radical (unpaired) electrons. The van der Waals surface area contributed by atoms with Gasteiger partial charge < -0.3 is 15.1 Å². The van der Waals surface area contributed by atoms with Gasteiger partial charge in [-0.3, -0.25) is 4.79 Å². The SMILES string of the molecule is Nc1ccc(C(=O)N2CCCC2)o1. The number of nitrogens with two attached hydrogens (primary N) is 1. The largest absolute Gasteiger partial charge is 0.436 e. The van der Waals surface area contributed by atoms with Crippen LogP contribution in [0.5, 0.6) is 0 Å². The predicted molar refractivity (Wildman–Crippen MR) is 48.3 cm³/mol. The molecule has 13 heavy (non-hydrogen) atoms. The summed E-state index contributed by atoms with van der Waals surface area (Å²) in [5.74, 6) is 0.594. The highest BCUT2D eigenvalue weighted by atomic mass is 16.4. The molecule has 0 aromatic carbocycles. The molecule has 0 atom stereocenters. The van der Waals surface area contributed by atoms with Crippen molar-refractivity contribution in [2.75, 3.05) is 18.8 Å². The average molecular weight is 180 g/mol. The van der Waals surface area contributed by atoms with Crippen molar-refractivity contribution in [1.82, 2.24) is 4.90 Å². The Bertz CT molecular complexity index is 313. The number of rotatable bonds is 1. The van der Waals surface area contributed by atoms with Crippen LogP contribution in [0.25, 0.3) is 0 Å². The van der Waals surface area contributed by atoms with Gasteiger partial charge in [-0.05, 0) is 18.9 Å². The number of carbonyl (C=O) groups is 1. The van der Waals surface area contributed by atoms with Crippen LogP contribution in [0.2, 0.25) is 0 Å². The molecule has 4 heteroatoms. The maximum atomic E-state index is 11.6. The Hall–Kier alpha value is -1.45. The number of amides is 1. The normalized spacial score (nSPS) is 16.5. The van der Waals surface area contributed by atoms with Crippen LogP contribution in [-0.4, -0.2) is 23.9 Å². The molecule has 1 aromatic rings. The highest BCUT2D eigenvalue weighted by molar-refractivity contribution is 5.92. The molecule has 0 unspecified atom stereocenters. The zero-order chi connectivity index (χ0) is 9.26. The quantitative estimate of drug-likeness (QED) is 0.704. The van der Waals surface area contributed by atoms with E-state index in [-0.39, 0.29) is 5.91 Å². The summed E-state index contributed by atoms with van der Waals surface area (Å²) in [7, 11) is 0. The first-order valence-electron chi connectivity index (χ1n) is 4.42. The Labute approximate surface area is 76.3 Å². The molecule has 2 N–H and O–H groups in total. The van der Waals surface area contributed by atoms with Crippen LogP contribution in [0.4, 0.5) is 5.88 Å². The Morgan fingerprint density at radius 3 is 2.62 bits per heavy atom. The van der Waals surface area contributed by atoms with Crippen molar-refractivity contribution in [3.05, 3.63) is 17.9 Å². The minimum atomic E-state index is -0.0470. The van der Waals surface area contributed by atoms with Crippen LogP contribution < -0.4 is 5.73 Å². The van der Waals surface area contributed by atoms with Crippen LogP contribution in [0, 0.1) is 0 Å². The van der Waals surface area contributed by atoms with Crippen molar-refractivity contribution in [2.45, 2.75) is 12.8 Å². The van der Waals surface area contributed by atoms with E-state index in [0.717, 1.165) is 25.9 Å². The number of likely N-dealkylation sites (tertiary alicyclic amines) is 1. The first-order valence-corrected chi connectivity index (χ1v) is 4.42. The molecule has 2 rings (SSSR count). The molecule has 1 aliphatic rings. The summed E-state index contributed by atoms with van der Waals surface area (Å²) in [4.78, 5) is 13.4. The Morgan fingerprint density at radius 1 is 1.38 bits per heavy atom. The molecule has 2 heterocycles. The zero-order valence-corrected chi connectivity index (χ0v) is 7.32. The lowest BCUT2D eigenvalue weighted by Gasteiger charge is -2.12. The van der Waals surface area contributed by atoms with E-state index in [0.29, 0.717) is 11.6 Å². The van der Waals surface area contributed by atoms with E-state index in [1.807, 2.05) is 0 Å². The lowest BCUT2D eigenvalue weighted by atomic mass is 10.4. The number of anilines is 1. The molecular weight excluding hydrogens is 168 g/mol. The monoisotopic (exact) mass is 180 g/mol. The van der Waals surface area contributed by atoms with Gasteiger partial charge in [0, 0.05) is 19.2 Å². The molecule has 1 amide bonds. The molecule has 4 nitrogen and oxygen atoms in total. The first-order chi connectivity index (χ1) is 6.27. The van der Waals surface area contributed by atoms with Crippen molar-refractivity contribution in [3.63, 3.8) is 0 Å². The van der Waals surface area contributed by atoms with Crippen LogP contribution in [-0.2, 0) is 0 Å². The van der Waals surface area contributed by atoms with Crippen molar-refractivity contribution in [2.24, 2.45) is 0 Å². The topological polar surface area (TPSA) is 59.5 Å². The summed E-state index contributed by atoms with van der Waals surface area (Å²) in [5, 5.41) is 0. The first kappa shape index (κ1) is 8.16. The van der Waals surface area contributed by atoms with E-state index in [4.69, 9.17) is 10.2 Å². The van der Waals surface area contributed by atoms with Crippen LogP contribution in [0.1, 0.15) is 23.4 Å². The minimum absolute atomic E-state index is 0.0470. The van der Waals surface area contributed by atoms with Gasteiger partial charge in [-0.1, -0.05) is 0 Å². The van der Waals surface area contributed by atoms with E-state index in [9.17, 15) is 4.79 Å².